The molecule has 1 aromatic heterocycles. The summed E-state index contributed by atoms with van der Waals surface area (Å²) in [5, 5.41) is 6.01. The van der Waals surface area contributed by atoms with Crippen LogP contribution in [0.15, 0.2) is 66.9 Å². The highest BCUT2D eigenvalue weighted by Gasteiger charge is 2.08. The van der Waals surface area contributed by atoms with Gasteiger partial charge in [0.05, 0.1) is 0 Å². The summed E-state index contributed by atoms with van der Waals surface area (Å²) in [6, 6.07) is 17.6. The summed E-state index contributed by atoms with van der Waals surface area (Å²) < 4.78 is 5.84. The lowest BCUT2D eigenvalue weighted by Gasteiger charge is -2.09. The number of rotatable bonds is 7. The van der Waals surface area contributed by atoms with E-state index in [2.05, 4.69) is 15.6 Å². The number of carbonyl (C=O) groups excluding carboxylic acids is 2. The quantitative estimate of drug-likeness (QED) is 0.621. The number of aromatic nitrogens is 1. The number of hydrogen-bond acceptors (Lipinski definition) is 4. The molecule has 29 heavy (non-hydrogen) atoms. The number of nitrogens with one attached hydrogen (secondary N) is 2. The molecule has 0 unspecified atom stereocenters. The van der Waals surface area contributed by atoms with Crippen molar-refractivity contribution < 1.29 is 14.3 Å². The maximum absolute atomic E-state index is 12.1. The summed E-state index contributed by atoms with van der Waals surface area (Å²) in [6.45, 7) is 0.487. The van der Waals surface area contributed by atoms with Gasteiger partial charge in [0.1, 0.15) is 17.2 Å². The zero-order valence-corrected chi connectivity index (χ0v) is 16.6. The van der Waals surface area contributed by atoms with Gasteiger partial charge in [0, 0.05) is 36.4 Å². The first-order valence-corrected chi connectivity index (χ1v) is 9.41. The van der Waals surface area contributed by atoms with Gasteiger partial charge in [-0.3, -0.25) is 14.6 Å². The van der Waals surface area contributed by atoms with Crippen LogP contribution in [-0.4, -0.2) is 30.4 Å². The predicted molar refractivity (Wildman–Crippen MR) is 112 cm³/mol. The van der Waals surface area contributed by atoms with Gasteiger partial charge in [-0.15, -0.1) is 0 Å². The molecule has 0 aliphatic rings. The highest BCUT2D eigenvalue weighted by atomic mass is 35.5. The van der Waals surface area contributed by atoms with Crippen molar-refractivity contribution in [3.8, 4) is 11.5 Å². The molecule has 0 aliphatic carbocycles. The second-order valence-electron chi connectivity index (χ2n) is 6.22. The summed E-state index contributed by atoms with van der Waals surface area (Å²) in [6.07, 6.45) is 2.17. The van der Waals surface area contributed by atoms with Gasteiger partial charge >= 0.3 is 0 Å². The van der Waals surface area contributed by atoms with Gasteiger partial charge in [0.25, 0.3) is 11.8 Å². The second kappa shape index (κ2) is 9.71. The van der Waals surface area contributed by atoms with Crippen molar-refractivity contribution in [3.05, 3.63) is 88.7 Å². The number of pyridine rings is 1. The van der Waals surface area contributed by atoms with E-state index in [-0.39, 0.29) is 17.5 Å². The Morgan fingerprint density at radius 1 is 1.00 bits per heavy atom. The standard InChI is InChI=1S/C22H20ClN3O3/c1-24-22(28)20-14-19(10-12-25-20)29-18-4-2-3-15(13-18)9-11-26-21(27)16-5-7-17(23)8-6-16/h2-8,10,12-14H,9,11H2,1H3,(H,24,28)(H,26,27). The Balaban J connectivity index is 1.57. The van der Waals surface area contributed by atoms with E-state index in [1.165, 1.54) is 6.20 Å². The molecule has 2 N–H and O–H groups in total. The molecule has 0 radical (unpaired) electrons. The van der Waals surface area contributed by atoms with Gasteiger partial charge < -0.3 is 15.4 Å². The highest BCUT2D eigenvalue weighted by molar-refractivity contribution is 6.30. The Labute approximate surface area is 173 Å². The van der Waals surface area contributed by atoms with Crippen LogP contribution < -0.4 is 15.4 Å². The van der Waals surface area contributed by atoms with E-state index in [9.17, 15) is 9.59 Å². The molecule has 0 bridgehead atoms. The number of carbonyl (C=O) groups is 2. The van der Waals surface area contributed by atoms with E-state index in [4.69, 9.17) is 16.3 Å². The number of ether oxygens (including phenoxy) is 1. The predicted octanol–water partition coefficient (Wildman–Crippen LogP) is 3.86. The van der Waals surface area contributed by atoms with E-state index in [0.29, 0.717) is 35.1 Å². The van der Waals surface area contributed by atoms with Gasteiger partial charge in [0.15, 0.2) is 0 Å². The third-order valence-electron chi connectivity index (χ3n) is 4.13. The Bertz CT molecular complexity index is 1010. The van der Waals surface area contributed by atoms with Crippen LogP contribution in [0.2, 0.25) is 5.02 Å². The van der Waals surface area contributed by atoms with Gasteiger partial charge in [-0.05, 0) is 54.4 Å². The first-order valence-electron chi connectivity index (χ1n) is 9.04. The average Bonchev–Trinajstić information content (AvgIpc) is 2.74. The van der Waals surface area contributed by atoms with E-state index >= 15 is 0 Å². The fourth-order valence-corrected chi connectivity index (χ4v) is 2.78. The zero-order valence-electron chi connectivity index (χ0n) is 15.8. The van der Waals surface area contributed by atoms with Crippen molar-refractivity contribution in [2.45, 2.75) is 6.42 Å². The van der Waals surface area contributed by atoms with Crippen molar-refractivity contribution in [3.63, 3.8) is 0 Å². The first kappa shape index (κ1) is 20.4. The van der Waals surface area contributed by atoms with Gasteiger partial charge in [-0.1, -0.05) is 23.7 Å². The molecule has 148 valence electrons. The smallest absolute Gasteiger partial charge is 0.269 e. The second-order valence-corrected chi connectivity index (χ2v) is 6.65. The van der Waals surface area contributed by atoms with Crippen molar-refractivity contribution in [1.82, 2.24) is 15.6 Å². The van der Waals surface area contributed by atoms with Crippen molar-refractivity contribution >= 4 is 23.4 Å². The molecule has 2 amide bonds. The zero-order chi connectivity index (χ0) is 20.6. The maximum atomic E-state index is 12.1. The number of nitrogens with zero attached hydrogens (tertiary/aromatic N) is 1. The molecule has 7 heteroatoms. The lowest BCUT2D eigenvalue weighted by Crippen LogP contribution is -2.25. The van der Waals surface area contributed by atoms with Crippen LogP contribution in [0.25, 0.3) is 0 Å². The molecule has 0 saturated heterocycles. The molecule has 0 spiro atoms. The van der Waals surface area contributed by atoms with Crippen LogP contribution in [0.5, 0.6) is 11.5 Å². The fourth-order valence-electron chi connectivity index (χ4n) is 2.65. The minimum absolute atomic E-state index is 0.146. The van der Waals surface area contributed by atoms with E-state index in [1.54, 1.807) is 43.4 Å². The monoisotopic (exact) mass is 409 g/mol. The van der Waals surface area contributed by atoms with Crippen LogP contribution in [0, 0.1) is 0 Å². The maximum Gasteiger partial charge on any atom is 0.269 e. The molecule has 1 heterocycles. The lowest BCUT2D eigenvalue weighted by atomic mass is 10.1. The van der Waals surface area contributed by atoms with Crippen LogP contribution in [0.4, 0.5) is 0 Å². The molecule has 0 saturated carbocycles. The van der Waals surface area contributed by atoms with Crippen LogP contribution in [-0.2, 0) is 6.42 Å². The number of amides is 2. The molecule has 6 nitrogen and oxygen atoms in total. The molecular formula is C22H20ClN3O3. The normalized spacial score (nSPS) is 10.3. The highest BCUT2D eigenvalue weighted by Crippen LogP contribution is 2.22. The van der Waals surface area contributed by atoms with E-state index in [1.807, 2.05) is 24.3 Å². The Morgan fingerprint density at radius 2 is 1.76 bits per heavy atom. The fraction of sp³-hybridized carbons (Fsp3) is 0.136. The Hall–Kier alpha value is -3.38. The summed E-state index contributed by atoms with van der Waals surface area (Å²) in [5.41, 5.74) is 1.86. The third-order valence-corrected chi connectivity index (χ3v) is 4.38. The number of halogens is 1. The first-order chi connectivity index (χ1) is 14.0. The Morgan fingerprint density at radius 3 is 2.52 bits per heavy atom. The summed E-state index contributed by atoms with van der Waals surface area (Å²) in [7, 11) is 1.55. The van der Waals surface area contributed by atoms with Crippen LogP contribution >= 0.6 is 11.6 Å². The topological polar surface area (TPSA) is 80.3 Å². The van der Waals surface area contributed by atoms with Crippen molar-refractivity contribution in [2.24, 2.45) is 0 Å². The Kier molecular flexibility index (Phi) is 6.81. The number of hydrogen-bond donors (Lipinski definition) is 2. The largest absolute Gasteiger partial charge is 0.457 e. The van der Waals surface area contributed by atoms with Crippen molar-refractivity contribution in [2.75, 3.05) is 13.6 Å². The summed E-state index contributed by atoms with van der Waals surface area (Å²) >= 11 is 5.84. The molecule has 0 aliphatic heterocycles. The molecule has 3 aromatic rings. The minimum Gasteiger partial charge on any atom is -0.457 e. The van der Waals surface area contributed by atoms with Gasteiger partial charge in [-0.2, -0.15) is 0 Å². The summed E-state index contributed by atoms with van der Waals surface area (Å²) in [5.74, 6) is 0.737. The third kappa shape index (κ3) is 5.80. The molecule has 0 fully saturated rings. The molecule has 3 rings (SSSR count). The van der Waals surface area contributed by atoms with Crippen LogP contribution in [0.1, 0.15) is 26.4 Å². The van der Waals surface area contributed by atoms with Crippen molar-refractivity contribution in [1.29, 1.82) is 0 Å². The van der Waals surface area contributed by atoms with Gasteiger partial charge in [-0.25, -0.2) is 0 Å². The minimum atomic E-state index is -0.277. The number of benzene rings is 2. The summed E-state index contributed by atoms with van der Waals surface area (Å²) in [4.78, 5) is 27.9. The van der Waals surface area contributed by atoms with E-state index < -0.39 is 0 Å². The SMILES string of the molecule is CNC(=O)c1cc(Oc2cccc(CCNC(=O)c3ccc(Cl)cc3)c2)ccn1. The van der Waals surface area contributed by atoms with Gasteiger partial charge in [0.2, 0.25) is 0 Å². The van der Waals surface area contributed by atoms with E-state index in [0.717, 1.165) is 5.56 Å². The molecule has 2 aromatic carbocycles. The van der Waals surface area contributed by atoms with Crippen LogP contribution in [0.3, 0.4) is 0 Å². The molecule has 0 atom stereocenters. The lowest BCUT2D eigenvalue weighted by molar-refractivity contribution is 0.0947. The molecular weight excluding hydrogens is 390 g/mol. The average molecular weight is 410 g/mol.